The summed E-state index contributed by atoms with van der Waals surface area (Å²) >= 11 is 7.11. The topological polar surface area (TPSA) is 50.4 Å². The van der Waals surface area contributed by atoms with E-state index in [4.69, 9.17) is 17.0 Å². The minimum absolute atomic E-state index is 0.257. The van der Waals surface area contributed by atoms with Gasteiger partial charge in [-0.05, 0) is 49.9 Å². The van der Waals surface area contributed by atoms with Crippen LogP contribution >= 0.6 is 23.6 Å². The van der Waals surface area contributed by atoms with Crippen LogP contribution in [-0.4, -0.2) is 24.7 Å². The molecule has 1 aliphatic carbocycles. The van der Waals surface area contributed by atoms with Crippen LogP contribution in [0.25, 0.3) is 0 Å². The summed E-state index contributed by atoms with van der Waals surface area (Å²) in [5.74, 6) is -0.257. The second-order valence-electron chi connectivity index (χ2n) is 6.91. The number of fused-ring (bicyclic) bond motifs is 1. The van der Waals surface area contributed by atoms with Gasteiger partial charge in [-0.3, -0.25) is 0 Å². The van der Waals surface area contributed by atoms with Crippen molar-refractivity contribution >= 4 is 39.6 Å². The van der Waals surface area contributed by atoms with Gasteiger partial charge in [0.15, 0.2) is 5.11 Å². The monoisotopic (exact) mass is 396 g/mol. The van der Waals surface area contributed by atoms with E-state index in [9.17, 15) is 4.79 Å². The Bertz CT molecular complexity index is 599. The Kier molecular flexibility index (Phi) is 9.40. The van der Waals surface area contributed by atoms with Gasteiger partial charge in [0.25, 0.3) is 0 Å². The van der Waals surface area contributed by atoms with Gasteiger partial charge in [0, 0.05) is 11.4 Å². The molecular weight excluding hydrogens is 364 g/mol. The molecule has 2 N–H and O–H groups in total. The summed E-state index contributed by atoms with van der Waals surface area (Å²) < 4.78 is 5.06. The van der Waals surface area contributed by atoms with Crippen molar-refractivity contribution in [1.82, 2.24) is 5.32 Å². The molecule has 0 fully saturated rings. The fourth-order valence-corrected chi connectivity index (χ4v) is 4.95. The van der Waals surface area contributed by atoms with E-state index in [2.05, 4.69) is 17.6 Å². The Labute approximate surface area is 167 Å². The molecule has 0 saturated heterocycles. The third kappa shape index (κ3) is 6.23. The van der Waals surface area contributed by atoms with E-state index in [0.29, 0.717) is 10.7 Å². The van der Waals surface area contributed by atoms with Gasteiger partial charge >= 0.3 is 5.97 Å². The average Bonchev–Trinajstić information content (AvgIpc) is 2.93. The Morgan fingerprint density at radius 2 is 1.85 bits per heavy atom. The van der Waals surface area contributed by atoms with Crippen LogP contribution in [0.3, 0.4) is 0 Å². The van der Waals surface area contributed by atoms with E-state index in [1.54, 1.807) is 11.3 Å². The smallest absolute Gasteiger partial charge is 0.341 e. The highest BCUT2D eigenvalue weighted by Crippen LogP contribution is 2.37. The number of ether oxygens (including phenoxy) is 1. The minimum atomic E-state index is -0.257. The maximum atomic E-state index is 12.4. The fraction of sp³-hybridized carbons (Fsp3) is 0.700. The Balaban J connectivity index is 1.99. The van der Waals surface area contributed by atoms with Crippen molar-refractivity contribution in [2.75, 3.05) is 19.0 Å². The summed E-state index contributed by atoms with van der Waals surface area (Å²) in [6.45, 7) is 3.09. The lowest BCUT2D eigenvalue weighted by Crippen LogP contribution is -2.29. The van der Waals surface area contributed by atoms with Crippen LogP contribution in [0.5, 0.6) is 0 Å². The SMILES string of the molecule is CCCCCCCNC(=S)Nc1sc2c(c1C(=O)OC)CCCCCC2. The van der Waals surface area contributed by atoms with Gasteiger partial charge in [-0.1, -0.05) is 45.4 Å². The standard InChI is InChI=1S/C20H32N2O2S2/c1-3-4-5-8-11-14-21-20(25)22-18-17(19(23)24-2)15-12-9-6-7-10-13-16(15)26-18/h3-14H2,1-2H3,(H2,21,22,25). The number of anilines is 1. The van der Waals surface area contributed by atoms with Crippen molar-refractivity contribution in [1.29, 1.82) is 0 Å². The van der Waals surface area contributed by atoms with Crippen molar-refractivity contribution in [2.24, 2.45) is 0 Å². The van der Waals surface area contributed by atoms with Crippen molar-refractivity contribution in [3.8, 4) is 0 Å². The molecule has 6 heteroatoms. The number of aryl methyl sites for hydroxylation is 1. The highest BCUT2D eigenvalue weighted by molar-refractivity contribution is 7.80. The van der Waals surface area contributed by atoms with Crippen LogP contribution in [0.1, 0.15) is 85.5 Å². The maximum absolute atomic E-state index is 12.4. The lowest BCUT2D eigenvalue weighted by molar-refractivity contribution is 0.0601. The van der Waals surface area contributed by atoms with Crippen molar-refractivity contribution in [3.63, 3.8) is 0 Å². The number of rotatable bonds is 8. The minimum Gasteiger partial charge on any atom is -0.465 e. The van der Waals surface area contributed by atoms with Crippen LogP contribution in [0.4, 0.5) is 5.00 Å². The second-order valence-corrected chi connectivity index (χ2v) is 8.42. The molecule has 0 atom stereocenters. The van der Waals surface area contributed by atoms with Gasteiger partial charge in [-0.2, -0.15) is 0 Å². The number of carbonyl (C=O) groups excluding carboxylic acids is 1. The van der Waals surface area contributed by atoms with Gasteiger partial charge in [0.05, 0.1) is 12.7 Å². The van der Waals surface area contributed by atoms with E-state index in [1.807, 2.05) is 0 Å². The molecule has 26 heavy (non-hydrogen) atoms. The summed E-state index contributed by atoms with van der Waals surface area (Å²) in [5, 5.41) is 7.97. The first-order valence-electron chi connectivity index (χ1n) is 9.95. The van der Waals surface area contributed by atoms with E-state index in [1.165, 1.54) is 62.5 Å². The van der Waals surface area contributed by atoms with Crippen LogP contribution in [-0.2, 0) is 17.6 Å². The molecule has 146 valence electrons. The average molecular weight is 397 g/mol. The number of esters is 1. The molecule has 1 aliphatic rings. The molecule has 1 aromatic heterocycles. The molecular formula is C20H32N2O2S2. The summed E-state index contributed by atoms with van der Waals surface area (Å²) in [6, 6.07) is 0. The molecule has 0 saturated carbocycles. The largest absolute Gasteiger partial charge is 0.465 e. The zero-order chi connectivity index (χ0) is 18.8. The summed E-state index contributed by atoms with van der Waals surface area (Å²) in [7, 11) is 1.45. The molecule has 0 radical (unpaired) electrons. The van der Waals surface area contributed by atoms with E-state index in [0.717, 1.165) is 37.2 Å². The number of hydrogen-bond acceptors (Lipinski definition) is 4. The normalized spacial score (nSPS) is 14.1. The number of thiophene rings is 1. The lowest BCUT2D eigenvalue weighted by atomic mass is 9.96. The third-order valence-electron chi connectivity index (χ3n) is 4.85. The van der Waals surface area contributed by atoms with Crippen molar-refractivity contribution in [3.05, 3.63) is 16.0 Å². The second kappa shape index (κ2) is 11.5. The number of thiocarbonyl (C=S) groups is 1. The van der Waals surface area contributed by atoms with E-state index < -0.39 is 0 Å². The Morgan fingerprint density at radius 1 is 1.12 bits per heavy atom. The quantitative estimate of drug-likeness (QED) is 0.348. The number of unbranched alkanes of at least 4 members (excludes halogenated alkanes) is 4. The molecule has 0 aliphatic heterocycles. The molecule has 0 spiro atoms. The Hall–Kier alpha value is -1.14. The first kappa shape index (κ1) is 21.2. The third-order valence-corrected chi connectivity index (χ3v) is 6.31. The maximum Gasteiger partial charge on any atom is 0.341 e. The first-order valence-corrected chi connectivity index (χ1v) is 11.2. The first-order chi connectivity index (χ1) is 12.7. The van der Waals surface area contributed by atoms with Gasteiger partial charge in [-0.25, -0.2) is 4.79 Å². The van der Waals surface area contributed by atoms with Crippen LogP contribution in [0, 0.1) is 0 Å². The fourth-order valence-electron chi connectivity index (χ4n) is 3.40. The highest BCUT2D eigenvalue weighted by Gasteiger charge is 2.25. The summed E-state index contributed by atoms with van der Waals surface area (Å²) in [4.78, 5) is 13.7. The number of methoxy groups -OCH3 is 1. The van der Waals surface area contributed by atoms with Crippen LogP contribution in [0.15, 0.2) is 0 Å². The van der Waals surface area contributed by atoms with Crippen LogP contribution in [0.2, 0.25) is 0 Å². The predicted molar refractivity (Wildman–Crippen MR) is 115 cm³/mol. The molecule has 2 rings (SSSR count). The molecule has 0 aromatic carbocycles. The lowest BCUT2D eigenvalue weighted by Gasteiger charge is -2.12. The van der Waals surface area contributed by atoms with E-state index in [-0.39, 0.29) is 5.97 Å². The number of carbonyl (C=O) groups is 1. The number of nitrogens with one attached hydrogen (secondary N) is 2. The molecule has 1 heterocycles. The van der Waals surface area contributed by atoms with Gasteiger partial charge < -0.3 is 15.4 Å². The zero-order valence-electron chi connectivity index (χ0n) is 16.1. The molecule has 1 aromatic rings. The zero-order valence-corrected chi connectivity index (χ0v) is 17.8. The molecule has 0 amide bonds. The highest BCUT2D eigenvalue weighted by atomic mass is 32.1. The molecule has 4 nitrogen and oxygen atoms in total. The number of hydrogen-bond donors (Lipinski definition) is 2. The molecule has 0 bridgehead atoms. The van der Waals surface area contributed by atoms with E-state index >= 15 is 0 Å². The van der Waals surface area contributed by atoms with Crippen molar-refractivity contribution in [2.45, 2.75) is 77.6 Å². The summed E-state index contributed by atoms with van der Waals surface area (Å²) in [5.41, 5.74) is 1.87. The van der Waals surface area contributed by atoms with Gasteiger partial charge in [0.2, 0.25) is 0 Å². The predicted octanol–water partition coefficient (Wildman–Crippen LogP) is 5.45. The van der Waals surface area contributed by atoms with Crippen molar-refractivity contribution < 1.29 is 9.53 Å². The summed E-state index contributed by atoms with van der Waals surface area (Å²) in [6.07, 6.45) is 13.0. The van der Waals surface area contributed by atoms with Crippen LogP contribution < -0.4 is 10.6 Å². The van der Waals surface area contributed by atoms with Gasteiger partial charge in [-0.15, -0.1) is 11.3 Å². The van der Waals surface area contributed by atoms with Gasteiger partial charge in [0.1, 0.15) is 5.00 Å². The Morgan fingerprint density at radius 3 is 2.58 bits per heavy atom. The molecule has 0 unspecified atom stereocenters.